The lowest BCUT2D eigenvalue weighted by atomic mass is 10.0. The second kappa shape index (κ2) is 6.77. The molecule has 0 radical (unpaired) electrons. The first-order valence-electron chi connectivity index (χ1n) is 8.43. The molecule has 1 heterocycles. The molecule has 2 unspecified atom stereocenters. The molecule has 1 saturated heterocycles. The number of nitrogens with zero attached hydrogens (tertiary/aromatic N) is 2. The third-order valence-electron chi connectivity index (χ3n) is 4.43. The number of hydrogen-bond acceptors (Lipinski definition) is 2. The van der Waals surface area contributed by atoms with Crippen LogP contribution < -0.4 is 8.61 Å². The summed E-state index contributed by atoms with van der Waals surface area (Å²) in [7, 11) is 0. The van der Waals surface area contributed by atoms with Gasteiger partial charge in [-0.25, -0.2) is 8.51 Å². The van der Waals surface area contributed by atoms with Crippen molar-refractivity contribution in [2.75, 3.05) is 8.61 Å². The average Bonchev–Trinajstić information content (AvgIpc) is 2.94. The van der Waals surface area contributed by atoms with Gasteiger partial charge in [0, 0.05) is 0 Å². The van der Waals surface area contributed by atoms with E-state index in [1.807, 2.05) is 91.9 Å². The maximum absolute atomic E-state index is 13.4. The maximum Gasteiger partial charge on any atom is 0.232 e. The number of para-hydroxylation sites is 1. The van der Waals surface area contributed by atoms with Gasteiger partial charge in [-0.3, -0.25) is 9.71 Å². The van der Waals surface area contributed by atoms with E-state index in [1.165, 1.54) is 0 Å². The van der Waals surface area contributed by atoms with E-state index in [4.69, 9.17) is 5.41 Å². The van der Waals surface area contributed by atoms with E-state index in [0.29, 0.717) is 5.84 Å². The highest BCUT2D eigenvalue weighted by atomic mass is 32.2. The molecule has 1 N–H and O–H groups in total. The molecule has 1 fully saturated rings. The van der Waals surface area contributed by atoms with Gasteiger partial charge in [-0.15, -0.1) is 0 Å². The summed E-state index contributed by atoms with van der Waals surface area (Å²) in [5, 5.41) is 8.79. The molecule has 0 bridgehead atoms. The zero-order chi connectivity index (χ0) is 18.1. The Morgan fingerprint density at radius 3 is 2.00 bits per heavy atom. The largest absolute Gasteiger partial charge is 0.285 e. The molecule has 4 nitrogen and oxygen atoms in total. The first-order valence-corrected chi connectivity index (χ1v) is 9.49. The molecular weight excluding hydrogens is 342 g/mol. The fourth-order valence-electron chi connectivity index (χ4n) is 3.14. The highest BCUT2D eigenvalue weighted by Crippen LogP contribution is 2.39. The van der Waals surface area contributed by atoms with Crippen molar-refractivity contribution in [3.05, 3.63) is 96.1 Å². The smallest absolute Gasteiger partial charge is 0.232 e. The van der Waals surface area contributed by atoms with Crippen LogP contribution in [0, 0.1) is 12.3 Å². The first-order chi connectivity index (χ1) is 12.7. The van der Waals surface area contributed by atoms with Crippen molar-refractivity contribution in [3.8, 4) is 0 Å². The number of hydrogen-bond donors (Lipinski definition) is 1. The van der Waals surface area contributed by atoms with E-state index in [-0.39, 0.29) is 0 Å². The van der Waals surface area contributed by atoms with Gasteiger partial charge < -0.3 is 0 Å². The van der Waals surface area contributed by atoms with Crippen LogP contribution in [0.5, 0.6) is 0 Å². The summed E-state index contributed by atoms with van der Waals surface area (Å²) < 4.78 is 16.8. The van der Waals surface area contributed by atoms with Gasteiger partial charge >= 0.3 is 0 Å². The molecule has 2 atom stereocenters. The standard InChI is InChI=1S/C21H19N3OS/c1-16-12-14-19(15-13-16)24-21(22)20(17-8-4-2-5-9-17)23(26(24)25)18-10-6-3-7-11-18/h2-15,20,22H,1H3. The summed E-state index contributed by atoms with van der Waals surface area (Å²) >= 11 is -1.53. The summed E-state index contributed by atoms with van der Waals surface area (Å²) in [5.41, 5.74) is 3.67. The number of amidine groups is 1. The van der Waals surface area contributed by atoms with Crippen LogP contribution in [0.3, 0.4) is 0 Å². The molecule has 1 aliphatic heterocycles. The minimum Gasteiger partial charge on any atom is -0.285 e. The highest BCUT2D eigenvalue weighted by molar-refractivity contribution is 7.89. The fourth-order valence-corrected chi connectivity index (χ4v) is 4.59. The quantitative estimate of drug-likeness (QED) is 0.727. The van der Waals surface area contributed by atoms with Gasteiger partial charge in [0.05, 0.1) is 11.4 Å². The summed E-state index contributed by atoms with van der Waals surface area (Å²) in [6, 6.07) is 26.8. The fraction of sp³-hybridized carbons (Fsp3) is 0.0952. The van der Waals surface area contributed by atoms with E-state index >= 15 is 0 Å². The van der Waals surface area contributed by atoms with Gasteiger partial charge in [-0.1, -0.05) is 66.2 Å². The van der Waals surface area contributed by atoms with Crippen LogP contribution in [0.15, 0.2) is 84.9 Å². The lowest BCUT2D eigenvalue weighted by Crippen LogP contribution is -2.27. The Bertz CT molecular complexity index is 885. The Morgan fingerprint density at radius 2 is 1.38 bits per heavy atom. The van der Waals surface area contributed by atoms with Gasteiger partial charge in [0.2, 0.25) is 11.2 Å². The molecule has 0 spiro atoms. The van der Waals surface area contributed by atoms with Crippen molar-refractivity contribution in [3.63, 3.8) is 0 Å². The summed E-state index contributed by atoms with van der Waals surface area (Å²) in [6.07, 6.45) is 0. The van der Waals surface area contributed by atoms with Crippen molar-refractivity contribution in [2.45, 2.75) is 13.0 Å². The van der Waals surface area contributed by atoms with Crippen LogP contribution >= 0.6 is 0 Å². The average molecular weight is 361 g/mol. The van der Waals surface area contributed by atoms with Crippen molar-refractivity contribution >= 4 is 28.4 Å². The number of aryl methyl sites for hydroxylation is 1. The van der Waals surface area contributed by atoms with Crippen LogP contribution in [0.4, 0.5) is 11.4 Å². The Balaban J connectivity index is 1.84. The molecule has 0 amide bonds. The molecule has 3 aromatic carbocycles. The van der Waals surface area contributed by atoms with E-state index in [9.17, 15) is 4.21 Å². The van der Waals surface area contributed by atoms with Gasteiger partial charge in [0.25, 0.3) is 0 Å². The second-order valence-corrected chi connectivity index (χ2v) is 7.44. The Labute approximate surface area is 155 Å². The van der Waals surface area contributed by atoms with Gasteiger partial charge in [-0.2, -0.15) is 0 Å². The molecule has 26 heavy (non-hydrogen) atoms. The molecule has 5 heteroatoms. The molecule has 0 saturated carbocycles. The Hall–Kier alpha value is -2.92. The zero-order valence-corrected chi connectivity index (χ0v) is 15.2. The Morgan fingerprint density at radius 1 is 0.808 bits per heavy atom. The normalized spacial score (nSPS) is 19.8. The molecule has 1 aliphatic rings. The predicted octanol–water partition coefficient (Wildman–Crippen LogP) is 4.62. The molecule has 0 aliphatic carbocycles. The lowest BCUT2D eigenvalue weighted by molar-refractivity contribution is 0.682. The van der Waals surface area contributed by atoms with Crippen molar-refractivity contribution < 1.29 is 4.21 Å². The zero-order valence-electron chi connectivity index (χ0n) is 14.4. The number of rotatable bonds is 3. The SMILES string of the molecule is Cc1ccc(N2C(=N)C(c3ccccc3)N(c3ccccc3)S2=O)cc1. The van der Waals surface area contributed by atoms with E-state index < -0.39 is 17.2 Å². The van der Waals surface area contributed by atoms with E-state index in [0.717, 1.165) is 22.5 Å². The van der Waals surface area contributed by atoms with Crippen molar-refractivity contribution in [2.24, 2.45) is 0 Å². The second-order valence-electron chi connectivity index (χ2n) is 6.22. The summed E-state index contributed by atoms with van der Waals surface area (Å²) in [5.74, 6) is 0.308. The van der Waals surface area contributed by atoms with Crippen LogP contribution in [-0.2, 0) is 11.2 Å². The topological polar surface area (TPSA) is 47.4 Å². The van der Waals surface area contributed by atoms with Crippen LogP contribution in [0.2, 0.25) is 0 Å². The van der Waals surface area contributed by atoms with E-state index in [2.05, 4.69) is 0 Å². The van der Waals surface area contributed by atoms with Gasteiger partial charge in [0.15, 0.2) is 0 Å². The van der Waals surface area contributed by atoms with Crippen molar-refractivity contribution in [1.29, 1.82) is 5.41 Å². The van der Waals surface area contributed by atoms with Gasteiger partial charge in [0.1, 0.15) is 11.9 Å². The molecule has 3 aromatic rings. The van der Waals surface area contributed by atoms with E-state index in [1.54, 1.807) is 8.61 Å². The molecule has 130 valence electrons. The lowest BCUT2D eigenvalue weighted by Gasteiger charge is -2.22. The first kappa shape index (κ1) is 16.5. The van der Waals surface area contributed by atoms with Crippen LogP contribution in [-0.4, -0.2) is 10.0 Å². The minimum absolute atomic E-state index is 0.308. The third kappa shape index (κ3) is 2.80. The Kier molecular flexibility index (Phi) is 4.31. The maximum atomic E-state index is 13.4. The van der Waals surface area contributed by atoms with Crippen molar-refractivity contribution in [1.82, 2.24) is 0 Å². The number of anilines is 2. The molecular formula is C21H19N3OS. The predicted molar refractivity (Wildman–Crippen MR) is 108 cm³/mol. The summed E-state index contributed by atoms with van der Waals surface area (Å²) in [6.45, 7) is 2.01. The molecule has 4 rings (SSSR count). The van der Waals surface area contributed by atoms with Crippen LogP contribution in [0.25, 0.3) is 0 Å². The third-order valence-corrected chi connectivity index (χ3v) is 5.91. The van der Waals surface area contributed by atoms with Gasteiger partial charge in [-0.05, 0) is 36.8 Å². The minimum atomic E-state index is -1.53. The number of benzene rings is 3. The monoisotopic (exact) mass is 361 g/mol. The van der Waals surface area contributed by atoms with Crippen LogP contribution in [0.1, 0.15) is 17.2 Å². The highest BCUT2D eigenvalue weighted by Gasteiger charge is 2.44. The summed E-state index contributed by atoms with van der Waals surface area (Å²) in [4.78, 5) is 0. The molecule has 0 aromatic heterocycles. The number of nitrogens with one attached hydrogen (secondary N) is 1.